The van der Waals surface area contributed by atoms with E-state index in [1.54, 1.807) is 42.5 Å². The third kappa shape index (κ3) is 4.60. The van der Waals surface area contributed by atoms with Crippen LogP contribution in [0.3, 0.4) is 0 Å². The fourth-order valence-corrected chi connectivity index (χ4v) is 2.45. The Morgan fingerprint density at radius 1 is 1.25 bits per heavy atom. The van der Waals surface area contributed by atoms with Gasteiger partial charge in [-0.05, 0) is 17.7 Å². The number of aliphatic hydroxyl groups excluding tert-OH is 1. The van der Waals surface area contributed by atoms with Gasteiger partial charge in [0.05, 0.1) is 18.5 Å². The Balaban J connectivity index is 1.82. The van der Waals surface area contributed by atoms with Crippen molar-refractivity contribution in [2.45, 2.75) is 0 Å². The van der Waals surface area contributed by atoms with Crippen LogP contribution in [0.5, 0.6) is 5.75 Å². The first-order valence-electron chi connectivity index (χ1n) is 8.44. The summed E-state index contributed by atoms with van der Waals surface area (Å²) in [4.78, 5) is 19.0. The molecule has 3 aromatic rings. The zero-order valence-corrected chi connectivity index (χ0v) is 14.8. The van der Waals surface area contributed by atoms with Gasteiger partial charge in [0.2, 0.25) is 5.95 Å². The number of anilines is 1. The number of ether oxygens (including phenoxy) is 1. The molecule has 0 unspecified atom stereocenters. The lowest BCUT2D eigenvalue weighted by Gasteiger charge is -2.06. The van der Waals surface area contributed by atoms with E-state index in [1.165, 1.54) is 6.21 Å². The number of nitriles is 1. The molecule has 0 aliphatic rings. The first kappa shape index (κ1) is 18.8. The summed E-state index contributed by atoms with van der Waals surface area (Å²) >= 11 is 0. The maximum Gasteiger partial charge on any atom is 0.270 e. The second-order valence-corrected chi connectivity index (χ2v) is 5.63. The molecule has 0 amide bonds. The van der Waals surface area contributed by atoms with Gasteiger partial charge in [-0.3, -0.25) is 9.78 Å². The third-order valence-corrected chi connectivity index (χ3v) is 3.68. The van der Waals surface area contributed by atoms with Crippen molar-refractivity contribution in [2.75, 3.05) is 18.6 Å². The number of rotatable bonds is 7. The molecule has 0 radical (unpaired) electrons. The van der Waals surface area contributed by atoms with Crippen LogP contribution in [0.15, 0.2) is 64.5 Å². The summed E-state index contributed by atoms with van der Waals surface area (Å²) in [6.07, 6.45) is 1.53. The van der Waals surface area contributed by atoms with E-state index >= 15 is 0 Å². The molecule has 0 saturated carbocycles. The third-order valence-electron chi connectivity index (χ3n) is 3.68. The number of aromatic amines is 1. The number of nitrogens with zero attached hydrogens (tertiary/aromatic N) is 3. The minimum Gasteiger partial charge on any atom is -0.491 e. The van der Waals surface area contributed by atoms with Gasteiger partial charge in [0.15, 0.2) is 0 Å². The fourth-order valence-electron chi connectivity index (χ4n) is 2.45. The number of hydrogen-bond donors (Lipinski definition) is 3. The van der Waals surface area contributed by atoms with Crippen molar-refractivity contribution in [2.24, 2.45) is 5.10 Å². The molecule has 0 spiro atoms. The molecule has 2 aromatic carbocycles. The predicted molar refractivity (Wildman–Crippen MR) is 105 cm³/mol. The van der Waals surface area contributed by atoms with Gasteiger partial charge in [-0.2, -0.15) is 10.4 Å². The van der Waals surface area contributed by atoms with Crippen molar-refractivity contribution in [1.29, 1.82) is 5.26 Å². The average molecular weight is 375 g/mol. The molecule has 3 N–H and O–H groups in total. The molecule has 0 saturated heterocycles. The van der Waals surface area contributed by atoms with Crippen molar-refractivity contribution in [3.05, 3.63) is 76.1 Å². The van der Waals surface area contributed by atoms with Crippen LogP contribution in [0.2, 0.25) is 0 Å². The van der Waals surface area contributed by atoms with Crippen LogP contribution in [-0.2, 0) is 0 Å². The van der Waals surface area contributed by atoms with Crippen LogP contribution < -0.4 is 15.7 Å². The van der Waals surface area contributed by atoms with E-state index in [2.05, 4.69) is 20.5 Å². The summed E-state index contributed by atoms with van der Waals surface area (Å²) in [5.41, 5.74) is 3.75. The summed E-state index contributed by atoms with van der Waals surface area (Å²) in [6.45, 7) is 0.138. The Morgan fingerprint density at radius 2 is 2.07 bits per heavy atom. The molecule has 8 heteroatoms. The second-order valence-electron chi connectivity index (χ2n) is 5.63. The molecular weight excluding hydrogens is 358 g/mol. The largest absolute Gasteiger partial charge is 0.491 e. The molecule has 0 aliphatic carbocycles. The lowest BCUT2D eigenvalue weighted by atomic mass is 10.1. The van der Waals surface area contributed by atoms with Crippen molar-refractivity contribution < 1.29 is 9.84 Å². The van der Waals surface area contributed by atoms with Crippen LogP contribution in [0.25, 0.3) is 11.3 Å². The highest BCUT2D eigenvalue weighted by Gasteiger charge is 2.12. The number of nitrogens with one attached hydrogen (secondary N) is 2. The monoisotopic (exact) mass is 375 g/mol. The summed E-state index contributed by atoms with van der Waals surface area (Å²) in [5, 5.41) is 22.2. The van der Waals surface area contributed by atoms with Crippen molar-refractivity contribution in [3.8, 4) is 23.1 Å². The Labute approximate surface area is 160 Å². The van der Waals surface area contributed by atoms with Crippen LogP contribution >= 0.6 is 0 Å². The van der Waals surface area contributed by atoms with Gasteiger partial charge in [-0.25, -0.2) is 10.4 Å². The zero-order valence-electron chi connectivity index (χ0n) is 14.8. The summed E-state index contributed by atoms with van der Waals surface area (Å²) in [5.74, 6) is 0.723. The SMILES string of the molecule is N#Cc1c(-c2ccccc2)nc(NN=Cc2cccc(OCCO)c2)[nH]c1=O. The first-order chi connectivity index (χ1) is 13.7. The quantitative estimate of drug-likeness (QED) is 0.429. The molecule has 0 bridgehead atoms. The summed E-state index contributed by atoms with van der Waals surface area (Å²) in [7, 11) is 0. The van der Waals surface area contributed by atoms with Crippen LogP contribution in [0.1, 0.15) is 11.1 Å². The lowest BCUT2D eigenvalue weighted by molar-refractivity contribution is 0.201. The fraction of sp³-hybridized carbons (Fsp3) is 0.100. The molecule has 1 heterocycles. The Bertz CT molecular complexity index is 1070. The minimum absolute atomic E-state index is 0.0607. The van der Waals surface area contributed by atoms with Gasteiger partial charge >= 0.3 is 0 Å². The van der Waals surface area contributed by atoms with Crippen molar-refractivity contribution in [3.63, 3.8) is 0 Å². The normalized spacial score (nSPS) is 10.6. The van der Waals surface area contributed by atoms with Gasteiger partial charge in [0.25, 0.3) is 5.56 Å². The topological polar surface area (TPSA) is 123 Å². The van der Waals surface area contributed by atoms with Gasteiger partial charge in [0.1, 0.15) is 24.0 Å². The van der Waals surface area contributed by atoms with Gasteiger partial charge in [0, 0.05) is 5.56 Å². The first-order valence-corrected chi connectivity index (χ1v) is 8.44. The molecular formula is C20H17N5O3. The predicted octanol–water partition coefficient (Wildman–Crippen LogP) is 2.13. The van der Waals surface area contributed by atoms with Crippen molar-refractivity contribution in [1.82, 2.24) is 9.97 Å². The van der Waals surface area contributed by atoms with E-state index in [0.29, 0.717) is 11.3 Å². The van der Waals surface area contributed by atoms with Gasteiger partial charge in [-0.1, -0.05) is 42.5 Å². The highest BCUT2D eigenvalue weighted by atomic mass is 16.5. The Kier molecular flexibility index (Phi) is 6.13. The zero-order chi connectivity index (χ0) is 19.8. The number of hydrazone groups is 1. The smallest absolute Gasteiger partial charge is 0.270 e. The Morgan fingerprint density at radius 3 is 2.82 bits per heavy atom. The van der Waals surface area contributed by atoms with E-state index in [9.17, 15) is 10.1 Å². The molecule has 140 valence electrons. The molecule has 0 fully saturated rings. The number of benzene rings is 2. The van der Waals surface area contributed by atoms with Crippen LogP contribution in [-0.4, -0.2) is 34.5 Å². The maximum atomic E-state index is 12.2. The molecule has 1 aromatic heterocycles. The molecule has 0 aliphatic heterocycles. The molecule has 28 heavy (non-hydrogen) atoms. The van der Waals surface area contributed by atoms with Gasteiger partial charge in [-0.15, -0.1) is 0 Å². The summed E-state index contributed by atoms with van der Waals surface area (Å²) in [6, 6.07) is 18.0. The highest BCUT2D eigenvalue weighted by Crippen LogP contribution is 2.19. The van der Waals surface area contributed by atoms with Gasteiger partial charge < -0.3 is 9.84 Å². The van der Waals surface area contributed by atoms with E-state index in [4.69, 9.17) is 9.84 Å². The van der Waals surface area contributed by atoms with E-state index in [1.807, 2.05) is 18.2 Å². The summed E-state index contributed by atoms with van der Waals surface area (Å²) < 4.78 is 5.34. The number of aliphatic hydroxyl groups is 1. The maximum absolute atomic E-state index is 12.2. The van der Waals surface area contributed by atoms with E-state index in [0.717, 1.165) is 5.56 Å². The highest BCUT2D eigenvalue weighted by molar-refractivity contribution is 5.80. The standard InChI is InChI=1S/C20H17N5O3/c21-12-17-18(15-6-2-1-3-7-15)23-20(24-19(17)27)25-22-13-14-5-4-8-16(11-14)28-10-9-26/h1-8,11,13,26H,9-10H2,(H2,23,24,25,27). The minimum atomic E-state index is -0.548. The van der Waals surface area contributed by atoms with E-state index < -0.39 is 5.56 Å². The molecule has 8 nitrogen and oxygen atoms in total. The second kappa shape index (κ2) is 9.12. The van der Waals surface area contributed by atoms with Crippen LogP contribution in [0.4, 0.5) is 5.95 Å². The number of H-pyrrole nitrogens is 1. The van der Waals surface area contributed by atoms with Crippen LogP contribution in [0, 0.1) is 11.3 Å². The average Bonchev–Trinajstić information content (AvgIpc) is 2.73. The molecule has 0 atom stereocenters. The Hall–Kier alpha value is -3.96. The lowest BCUT2D eigenvalue weighted by Crippen LogP contribution is -2.16. The van der Waals surface area contributed by atoms with E-state index in [-0.39, 0.29) is 30.4 Å². The number of hydrogen-bond acceptors (Lipinski definition) is 7. The molecule has 3 rings (SSSR count). The van der Waals surface area contributed by atoms with Crippen molar-refractivity contribution >= 4 is 12.2 Å². The number of aromatic nitrogens is 2.